The van der Waals surface area contributed by atoms with Crippen molar-refractivity contribution in [2.45, 2.75) is 57.2 Å². The number of fused-ring (bicyclic) bond motifs is 2. The van der Waals surface area contributed by atoms with Gasteiger partial charge in [-0.15, -0.1) is 0 Å². The molecule has 1 aliphatic heterocycles. The summed E-state index contributed by atoms with van der Waals surface area (Å²) in [7, 11) is 1.87. The summed E-state index contributed by atoms with van der Waals surface area (Å²) in [5.41, 5.74) is 3.76. The number of hydrogen-bond acceptors (Lipinski definition) is 5. The average Bonchev–Trinajstić information content (AvgIpc) is 3.26. The van der Waals surface area contributed by atoms with Gasteiger partial charge >= 0.3 is 6.03 Å². The van der Waals surface area contributed by atoms with Gasteiger partial charge in [0.2, 0.25) is 0 Å². The van der Waals surface area contributed by atoms with Crippen molar-refractivity contribution in [2.75, 3.05) is 37.3 Å². The van der Waals surface area contributed by atoms with Crippen LogP contribution in [0.3, 0.4) is 0 Å². The number of rotatable bonds is 6. The van der Waals surface area contributed by atoms with E-state index in [-0.39, 0.29) is 12.1 Å². The molecule has 0 radical (unpaired) electrons. The van der Waals surface area contributed by atoms with Crippen molar-refractivity contribution in [1.29, 1.82) is 0 Å². The van der Waals surface area contributed by atoms with E-state index < -0.39 is 5.60 Å². The third kappa shape index (κ3) is 5.63. The van der Waals surface area contributed by atoms with Crippen LogP contribution in [0.2, 0.25) is 0 Å². The van der Waals surface area contributed by atoms with Gasteiger partial charge in [0.15, 0.2) is 0 Å². The zero-order chi connectivity index (χ0) is 25.3. The number of piperidine rings is 1. The number of β-amino-alcohol motifs (C(OH)–C–C–N with tert-alkyl or cyclic N) is 1. The minimum atomic E-state index is -0.695. The number of anilines is 2. The minimum absolute atomic E-state index is 0.0959. The van der Waals surface area contributed by atoms with Gasteiger partial charge in [0.25, 0.3) is 0 Å². The zero-order valence-corrected chi connectivity index (χ0v) is 21.5. The zero-order valence-electron chi connectivity index (χ0n) is 21.5. The number of aromatic nitrogens is 1. The van der Waals surface area contributed by atoms with Crippen LogP contribution in [0, 0.1) is 0 Å². The van der Waals surface area contributed by atoms with Crippen molar-refractivity contribution in [3.05, 3.63) is 65.7 Å². The second-order valence-corrected chi connectivity index (χ2v) is 10.9. The third-order valence-electron chi connectivity index (χ3n) is 7.43. The highest BCUT2D eigenvalue weighted by Crippen LogP contribution is 2.33. The van der Waals surface area contributed by atoms with E-state index in [1.807, 2.05) is 50.1 Å². The second-order valence-electron chi connectivity index (χ2n) is 10.9. The normalized spacial score (nSPS) is 18.7. The molecule has 1 aromatic heterocycles. The van der Waals surface area contributed by atoms with E-state index in [1.54, 1.807) is 0 Å². The molecule has 0 spiro atoms. The Hall–Kier alpha value is -3.16. The van der Waals surface area contributed by atoms with Crippen molar-refractivity contribution < 1.29 is 9.90 Å². The fourth-order valence-corrected chi connectivity index (χ4v) is 5.56. The highest BCUT2D eigenvalue weighted by Gasteiger charge is 2.28. The molecule has 2 aromatic carbocycles. The third-order valence-corrected chi connectivity index (χ3v) is 7.43. The summed E-state index contributed by atoms with van der Waals surface area (Å²) >= 11 is 0. The summed E-state index contributed by atoms with van der Waals surface area (Å²) in [4.78, 5) is 21.8. The molecule has 1 saturated heterocycles. The molecule has 3 aromatic rings. The molecule has 36 heavy (non-hydrogen) atoms. The number of benzene rings is 2. The maximum Gasteiger partial charge on any atom is 0.321 e. The number of nitrogens with one attached hydrogen (secondary N) is 2. The molecular weight excluding hydrogens is 450 g/mol. The maximum atomic E-state index is 12.9. The molecule has 7 nitrogen and oxygen atoms in total. The van der Waals surface area contributed by atoms with Crippen LogP contribution < -0.4 is 10.6 Å². The molecule has 7 heteroatoms. The summed E-state index contributed by atoms with van der Waals surface area (Å²) < 4.78 is 0. The molecule has 1 unspecified atom stereocenters. The highest BCUT2D eigenvalue weighted by molar-refractivity contribution is 5.93. The molecule has 1 atom stereocenters. The number of pyridine rings is 1. The Bertz CT molecular complexity index is 1230. The molecule has 1 fully saturated rings. The SMILES string of the molecule is CN(C(=O)Nc1ccc2nc(NC3CCc4ccccc43)ccc2c1)C1CCN(CC(C)(C)O)CC1. The number of urea groups is 1. The van der Waals surface area contributed by atoms with Gasteiger partial charge in [0.1, 0.15) is 5.82 Å². The number of carbonyl (C=O) groups is 1. The van der Waals surface area contributed by atoms with E-state index >= 15 is 0 Å². The lowest BCUT2D eigenvalue weighted by atomic mass is 10.0. The van der Waals surface area contributed by atoms with Gasteiger partial charge in [-0.05, 0) is 81.0 Å². The Kier molecular flexibility index (Phi) is 6.86. The van der Waals surface area contributed by atoms with Gasteiger partial charge in [0.05, 0.1) is 17.2 Å². The number of aryl methyl sites for hydroxylation is 1. The quantitative estimate of drug-likeness (QED) is 0.454. The Labute approximate surface area is 213 Å². The Balaban J connectivity index is 1.18. The van der Waals surface area contributed by atoms with E-state index in [2.05, 4.69) is 45.9 Å². The molecule has 2 amide bonds. The fourth-order valence-electron chi connectivity index (χ4n) is 5.56. The standard InChI is InChI=1S/C29H37N5O2/c1-29(2,36)19-34-16-14-23(15-17-34)33(3)28(35)30-22-10-12-25-21(18-22)9-13-27(31-25)32-26-11-8-20-6-4-5-7-24(20)26/h4-7,9-10,12-13,18,23,26,36H,8,11,14-17,19H2,1-3H3,(H,30,35)(H,31,32). The predicted molar refractivity (Wildman–Crippen MR) is 145 cm³/mol. The van der Waals surface area contributed by atoms with Crippen molar-refractivity contribution >= 4 is 28.4 Å². The van der Waals surface area contributed by atoms with E-state index in [1.165, 1.54) is 11.1 Å². The van der Waals surface area contributed by atoms with Crippen LogP contribution in [0.4, 0.5) is 16.3 Å². The Morgan fingerprint density at radius 2 is 1.89 bits per heavy atom. The monoisotopic (exact) mass is 487 g/mol. The summed E-state index contributed by atoms with van der Waals surface area (Å²) in [5.74, 6) is 0.872. The largest absolute Gasteiger partial charge is 0.389 e. The number of carbonyl (C=O) groups excluding carboxylic acids is 1. The Morgan fingerprint density at radius 3 is 2.67 bits per heavy atom. The molecule has 2 heterocycles. The van der Waals surface area contributed by atoms with Crippen molar-refractivity contribution in [1.82, 2.24) is 14.8 Å². The number of amides is 2. The van der Waals surface area contributed by atoms with Gasteiger partial charge in [-0.2, -0.15) is 0 Å². The van der Waals surface area contributed by atoms with Crippen LogP contribution in [-0.4, -0.2) is 64.2 Å². The number of nitrogens with zero attached hydrogens (tertiary/aromatic N) is 3. The van der Waals surface area contributed by atoms with Crippen molar-refractivity contribution in [3.8, 4) is 0 Å². The van der Waals surface area contributed by atoms with E-state index in [9.17, 15) is 9.90 Å². The predicted octanol–water partition coefficient (Wildman–Crippen LogP) is 5.03. The molecule has 0 bridgehead atoms. The maximum absolute atomic E-state index is 12.9. The lowest BCUT2D eigenvalue weighted by Gasteiger charge is -2.38. The first-order chi connectivity index (χ1) is 17.2. The second kappa shape index (κ2) is 10.1. The summed E-state index contributed by atoms with van der Waals surface area (Å²) in [6.07, 6.45) is 3.99. The average molecular weight is 488 g/mol. The molecule has 2 aliphatic rings. The summed E-state index contributed by atoms with van der Waals surface area (Å²) in [6.45, 7) is 6.10. The minimum Gasteiger partial charge on any atom is -0.389 e. The first kappa shape index (κ1) is 24.5. The van der Waals surface area contributed by atoms with Crippen LogP contribution in [-0.2, 0) is 6.42 Å². The first-order valence-corrected chi connectivity index (χ1v) is 13.0. The van der Waals surface area contributed by atoms with Crippen LogP contribution in [0.25, 0.3) is 10.9 Å². The fraction of sp³-hybridized carbons (Fsp3) is 0.448. The summed E-state index contributed by atoms with van der Waals surface area (Å²) in [6, 6.07) is 18.9. The Morgan fingerprint density at radius 1 is 1.11 bits per heavy atom. The van der Waals surface area contributed by atoms with Gasteiger partial charge < -0.3 is 25.5 Å². The van der Waals surface area contributed by atoms with Crippen LogP contribution in [0.5, 0.6) is 0 Å². The summed E-state index contributed by atoms with van der Waals surface area (Å²) in [5, 5.41) is 17.7. The molecule has 5 rings (SSSR count). The lowest BCUT2D eigenvalue weighted by Crippen LogP contribution is -2.49. The highest BCUT2D eigenvalue weighted by atomic mass is 16.3. The van der Waals surface area contributed by atoms with Crippen LogP contribution in [0.1, 0.15) is 50.3 Å². The first-order valence-electron chi connectivity index (χ1n) is 13.0. The van der Waals surface area contributed by atoms with Gasteiger partial charge in [-0.25, -0.2) is 9.78 Å². The van der Waals surface area contributed by atoms with Gasteiger partial charge in [-0.1, -0.05) is 24.3 Å². The number of likely N-dealkylation sites (tertiary alicyclic amines) is 1. The molecule has 1 aliphatic carbocycles. The van der Waals surface area contributed by atoms with Crippen LogP contribution in [0.15, 0.2) is 54.6 Å². The molecular formula is C29H37N5O2. The van der Waals surface area contributed by atoms with Gasteiger partial charge in [0, 0.05) is 43.8 Å². The smallest absolute Gasteiger partial charge is 0.321 e. The van der Waals surface area contributed by atoms with Gasteiger partial charge in [-0.3, -0.25) is 0 Å². The van der Waals surface area contributed by atoms with Crippen molar-refractivity contribution in [3.63, 3.8) is 0 Å². The lowest BCUT2D eigenvalue weighted by molar-refractivity contribution is 0.0223. The van der Waals surface area contributed by atoms with E-state index in [4.69, 9.17) is 4.98 Å². The van der Waals surface area contributed by atoms with Crippen LogP contribution >= 0.6 is 0 Å². The number of aliphatic hydroxyl groups is 1. The molecule has 190 valence electrons. The van der Waals surface area contributed by atoms with E-state index in [0.29, 0.717) is 12.6 Å². The number of hydrogen-bond donors (Lipinski definition) is 3. The van der Waals surface area contributed by atoms with E-state index in [0.717, 1.165) is 61.2 Å². The van der Waals surface area contributed by atoms with Crippen molar-refractivity contribution in [2.24, 2.45) is 0 Å². The molecule has 3 N–H and O–H groups in total. The molecule has 0 saturated carbocycles. The topological polar surface area (TPSA) is 80.7 Å².